The molecule has 0 radical (unpaired) electrons. The molecular weight excluding hydrogens is 186 g/mol. The number of hydrogen-bond donors (Lipinski definition) is 1. The van der Waals surface area contributed by atoms with Crippen LogP contribution >= 0.6 is 0 Å². The minimum Gasteiger partial charge on any atom is -0.391 e. The SMILES string of the molecule is CCCCC[N+](C)(CCO)CCCCC. The first-order valence-corrected chi connectivity index (χ1v) is 6.63. The van der Waals surface area contributed by atoms with E-state index in [2.05, 4.69) is 20.9 Å². The lowest BCUT2D eigenvalue weighted by Gasteiger charge is -2.34. The highest BCUT2D eigenvalue weighted by Crippen LogP contribution is 2.10. The Balaban J connectivity index is 3.83. The Morgan fingerprint density at radius 3 is 1.60 bits per heavy atom. The zero-order chi connectivity index (χ0) is 11.6. The van der Waals surface area contributed by atoms with Gasteiger partial charge in [0.15, 0.2) is 0 Å². The first-order chi connectivity index (χ1) is 7.18. The number of aliphatic hydroxyl groups excluding tert-OH is 1. The summed E-state index contributed by atoms with van der Waals surface area (Å²) in [6, 6.07) is 0. The zero-order valence-corrected chi connectivity index (χ0v) is 11.0. The van der Waals surface area contributed by atoms with Gasteiger partial charge in [-0.3, -0.25) is 0 Å². The molecule has 0 atom stereocenters. The van der Waals surface area contributed by atoms with Crippen LogP contribution in [0, 0.1) is 0 Å². The van der Waals surface area contributed by atoms with Gasteiger partial charge in [-0.15, -0.1) is 0 Å². The molecule has 2 nitrogen and oxygen atoms in total. The van der Waals surface area contributed by atoms with Crippen LogP contribution in [0.4, 0.5) is 0 Å². The molecule has 0 saturated heterocycles. The average Bonchev–Trinajstić information content (AvgIpc) is 2.19. The molecule has 0 saturated carbocycles. The second-order valence-electron chi connectivity index (χ2n) is 4.93. The fourth-order valence-electron chi connectivity index (χ4n) is 2.06. The molecule has 92 valence electrons. The molecule has 1 N–H and O–H groups in total. The van der Waals surface area contributed by atoms with Crippen LogP contribution < -0.4 is 0 Å². The van der Waals surface area contributed by atoms with Crippen molar-refractivity contribution in [3.63, 3.8) is 0 Å². The topological polar surface area (TPSA) is 20.2 Å². The summed E-state index contributed by atoms with van der Waals surface area (Å²) in [7, 11) is 2.29. The van der Waals surface area contributed by atoms with E-state index in [0.29, 0.717) is 6.61 Å². The van der Waals surface area contributed by atoms with Gasteiger partial charge in [0.05, 0.1) is 26.7 Å². The molecule has 0 amide bonds. The summed E-state index contributed by atoms with van der Waals surface area (Å²) in [5.74, 6) is 0. The molecule has 0 fully saturated rings. The van der Waals surface area contributed by atoms with E-state index in [0.717, 1.165) is 11.0 Å². The van der Waals surface area contributed by atoms with Crippen molar-refractivity contribution < 1.29 is 9.59 Å². The second kappa shape index (κ2) is 9.17. The van der Waals surface area contributed by atoms with Gasteiger partial charge in [-0.05, 0) is 25.7 Å². The van der Waals surface area contributed by atoms with Crippen LogP contribution in [0.2, 0.25) is 0 Å². The third-order valence-electron chi connectivity index (χ3n) is 3.24. The lowest BCUT2D eigenvalue weighted by molar-refractivity contribution is -0.910. The van der Waals surface area contributed by atoms with Crippen LogP contribution in [0.1, 0.15) is 52.4 Å². The van der Waals surface area contributed by atoms with Gasteiger partial charge < -0.3 is 9.59 Å². The highest BCUT2D eigenvalue weighted by Gasteiger charge is 2.19. The Kier molecular flexibility index (Phi) is 9.12. The van der Waals surface area contributed by atoms with E-state index in [4.69, 9.17) is 5.11 Å². The Hall–Kier alpha value is -0.0800. The third kappa shape index (κ3) is 7.80. The minimum atomic E-state index is 0.328. The Labute approximate surface area is 95.9 Å². The van der Waals surface area contributed by atoms with Crippen molar-refractivity contribution in [3.05, 3.63) is 0 Å². The number of nitrogens with zero attached hydrogens (tertiary/aromatic N) is 1. The van der Waals surface area contributed by atoms with Crippen LogP contribution in [0.5, 0.6) is 0 Å². The van der Waals surface area contributed by atoms with Crippen LogP contribution in [0.15, 0.2) is 0 Å². The molecule has 0 aromatic carbocycles. The van der Waals surface area contributed by atoms with E-state index < -0.39 is 0 Å². The van der Waals surface area contributed by atoms with Crippen molar-refractivity contribution in [2.24, 2.45) is 0 Å². The number of quaternary nitrogens is 1. The molecule has 2 heteroatoms. The van der Waals surface area contributed by atoms with Crippen molar-refractivity contribution >= 4 is 0 Å². The molecular formula is C13H30NO+. The molecule has 0 aliphatic heterocycles. The minimum absolute atomic E-state index is 0.328. The third-order valence-corrected chi connectivity index (χ3v) is 3.24. The summed E-state index contributed by atoms with van der Waals surface area (Å²) in [4.78, 5) is 0. The molecule has 0 spiro atoms. The predicted molar refractivity (Wildman–Crippen MR) is 66.9 cm³/mol. The van der Waals surface area contributed by atoms with Crippen LogP contribution in [-0.4, -0.2) is 42.9 Å². The summed E-state index contributed by atoms with van der Waals surface area (Å²) < 4.78 is 1.07. The molecule has 0 aromatic heterocycles. The van der Waals surface area contributed by atoms with E-state index in [9.17, 15) is 0 Å². The van der Waals surface area contributed by atoms with E-state index in [1.807, 2.05) is 0 Å². The Morgan fingerprint density at radius 1 is 0.800 bits per heavy atom. The van der Waals surface area contributed by atoms with E-state index in [1.165, 1.54) is 51.6 Å². The van der Waals surface area contributed by atoms with Crippen LogP contribution in [0.3, 0.4) is 0 Å². The zero-order valence-electron chi connectivity index (χ0n) is 11.0. The predicted octanol–water partition coefficient (Wildman–Crippen LogP) is 2.81. The van der Waals surface area contributed by atoms with Crippen LogP contribution in [0.25, 0.3) is 0 Å². The quantitative estimate of drug-likeness (QED) is 0.440. The second-order valence-corrected chi connectivity index (χ2v) is 4.93. The molecule has 0 rings (SSSR count). The van der Waals surface area contributed by atoms with Gasteiger partial charge in [0.2, 0.25) is 0 Å². The smallest absolute Gasteiger partial charge is 0.102 e. The maximum absolute atomic E-state index is 9.10. The highest BCUT2D eigenvalue weighted by atomic mass is 16.3. The van der Waals surface area contributed by atoms with Gasteiger partial charge in [-0.1, -0.05) is 26.7 Å². The van der Waals surface area contributed by atoms with Crippen molar-refractivity contribution in [3.8, 4) is 0 Å². The lowest BCUT2D eigenvalue weighted by atomic mass is 10.2. The van der Waals surface area contributed by atoms with Gasteiger partial charge in [-0.25, -0.2) is 0 Å². The Morgan fingerprint density at radius 2 is 1.27 bits per heavy atom. The lowest BCUT2D eigenvalue weighted by Crippen LogP contribution is -2.47. The van der Waals surface area contributed by atoms with Crippen molar-refractivity contribution in [1.82, 2.24) is 0 Å². The van der Waals surface area contributed by atoms with E-state index in [-0.39, 0.29) is 0 Å². The van der Waals surface area contributed by atoms with Crippen LogP contribution in [-0.2, 0) is 0 Å². The Bertz CT molecular complexity index is 126. The number of aliphatic hydroxyl groups is 1. The monoisotopic (exact) mass is 216 g/mol. The maximum Gasteiger partial charge on any atom is 0.102 e. The molecule has 0 aromatic rings. The van der Waals surface area contributed by atoms with Gasteiger partial charge in [0.1, 0.15) is 6.54 Å². The summed E-state index contributed by atoms with van der Waals surface area (Å²) >= 11 is 0. The summed E-state index contributed by atoms with van der Waals surface area (Å²) in [5.41, 5.74) is 0. The molecule has 0 aliphatic rings. The summed E-state index contributed by atoms with van der Waals surface area (Å²) in [5, 5.41) is 9.10. The maximum atomic E-state index is 9.10. The number of hydrogen-bond acceptors (Lipinski definition) is 1. The van der Waals surface area contributed by atoms with Gasteiger partial charge in [0.25, 0.3) is 0 Å². The standard InChI is InChI=1S/C13H30NO/c1-4-6-8-10-14(3,12-13-15)11-9-7-5-2/h15H,4-13H2,1-3H3/q+1. The fourth-order valence-corrected chi connectivity index (χ4v) is 2.06. The first-order valence-electron chi connectivity index (χ1n) is 6.63. The summed E-state index contributed by atoms with van der Waals surface area (Å²) in [6.45, 7) is 8.21. The molecule has 0 aliphatic carbocycles. The van der Waals surface area contributed by atoms with Gasteiger partial charge in [-0.2, -0.15) is 0 Å². The highest BCUT2D eigenvalue weighted by molar-refractivity contribution is 4.44. The molecule has 15 heavy (non-hydrogen) atoms. The number of rotatable bonds is 10. The van der Waals surface area contributed by atoms with Gasteiger partial charge in [0, 0.05) is 0 Å². The fraction of sp³-hybridized carbons (Fsp3) is 1.00. The van der Waals surface area contributed by atoms with E-state index in [1.54, 1.807) is 0 Å². The summed E-state index contributed by atoms with van der Waals surface area (Å²) in [6.07, 6.45) is 7.83. The normalized spacial score (nSPS) is 12.0. The molecule has 0 bridgehead atoms. The average molecular weight is 216 g/mol. The van der Waals surface area contributed by atoms with Gasteiger partial charge >= 0.3 is 0 Å². The number of likely N-dealkylation sites (N-methyl/N-ethyl adjacent to an activating group) is 1. The molecule has 0 unspecified atom stereocenters. The van der Waals surface area contributed by atoms with Crippen molar-refractivity contribution in [1.29, 1.82) is 0 Å². The van der Waals surface area contributed by atoms with E-state index >= 15 is 0 Å². The number of unbranched alkanes of at least 4 members (excludes halogenated alkanes) is 4. The molecule has 0 heterocycles. The first kappa shape index (κ1) is 14.9. The van der Waals surface area contributed by atoms with Crippen molar-refractivity contribution in [2.75, 3.05) is 33.3 Å². The van der Waals surface area contributed by atoms with Crippen molar-refractivity contribution in [2.45, 2.75) is 52.4 Å². The largest absolute Gasteiger partial charge is 0.391 e.